The van der Waals surface area contributed by atoms with Gasteiger partial charge in [-0.15, -0.1) is 0 Å². The van der Waals surface area contributed by atoms with Gasteiger partial charge in [-0.05, 0) is 79.3 Å². The number of nitriles is 1. The standard InChI is InChI=1S/C33H37NO4/c1-4-6-7-8-9-10-11-25-12-14-26(15-13-25)27-16-18-28(19-17-27)31(35)37-29-20-22-30(23-21-29)38-32(36)33(3,5-2)24-34/h12-23H,4-11H2,1-3H3. The molecule has 0 saturated heterocycles. The van der Waals surface area contributed by atoms with Crippen molar-refractivity contribution in [1.29, 1.82) is 5.26 Å². The summed E-state index contributed by atoms with van der Waals surface area (Å²) in [4.78, 5) is 24.9. The number of unbranched alkanes of at least 4 members (excludes halogenated alkanes) is 5. The molecule has 0 bridgehead atoms. The van der Waals surface area contributed by atoms with Gasteiger partial charge in [-0.1, -0.05) is 82.3 Å². The van der Waals surface area contributed by atoms with Crippen LogP contribution < -0.4 is 9.47 Å². The zero-order valence-electron chi connectivity index (χ0n) is 22.7. The van der Waals surface area contributed by atoms with E-state index in [-0.39, 0.29) is 5.75 Å². The molecule has 3 aromatic carbocycles. The van der Waals surface area contributed by atoms with E-state index in [9.17, 15) is 14.9 Å². The molecule has 38 heavy (non-hydrogen) atoms. The van der Waals surface area contributed by atoms with Crippen molar-refractivity contribution in [2.24, 2.45) is 5.41 Å². The third-order valence-electron chi connectivity index (χ3n) is 6.88. The molecule has 0 aliphatic rings. The first-order chi connectivity index (χ1) is 18.4. The van der Waals surface area contributed by atoms with Crippen molar-refractivity contribution >= 4 is 11.9 Å². The van der Waals surface area contributed by atoms with Crippen molar-refractivity contribution in [3.8, 4) is 28.7 Å². The van der Waals surface area contributed by atoms with Crippen LogP contribution in [0.1, 0.15) is 81.6 Å². The first-order valence-corrected chi connectivity index (χ1v) is 13.5. The van der Waals surface area contributed by atoms with E-state index in [0.717, 1.165) is 17.5 Å². The molecule has 5 heteroatoms. The van der Waals surface area contributed by atoms with Crippen LogP contribution in [0.4, 0.5) is 0 Å². The lowest BCUT2D eigenvalue weighted by Crippen LogP contribution is -2.29. The number of esters is 2. The Morgan fingerprint density at radius 2 is 1.26 bits per heavy atom. The van der Waals surface area contributed by atoms with Crippen LogP contribution in [0.5, 0.6) is 11.5 Å². The van der Waals surface area contributed by atoms with Gasteiger partial charge in [0.1, 0.15) is 11.5 Å². The van der Waals surface area contributed by atoms with Crippen molar-refractivity contribution in [3.05, 3.63) is 83.9 Å². The van der Waals surface area contributed by atoms with Gasteiger partial charge < -0.3 is 9.47 Å². The Morgan fingerprint density at radius 3 is 1.82 bits per heavy atom. The smallest absolute Gasteiger partial charge is 0.343 e. The summed E-state index contributed by atoms with van der Waals surface area (Å²) >= 11 is 0. The molecular formula is C33H37NO4. The van der Waals surface area contributed by atoms with Crippen LogP contribution in [0, 0.1) is 16.7 Å². The molecule has 1 atom stereocenters. The lowest BCUT2D eigenvalue weighted by molar-refractivity contribution is -0.142. The van der Waals surface area contributed by atoms with Crippen LogP contribution in [0.25, 0.3) is 11.1 Å². The SMILES string of the molecule is CCCCCCCCc1ccc(-c2ccc(C(=O)Oc3ccc(OC(=O)C(C)(C#N)CC)cc3)cc2)cc1. The number of rotatable bonds is 13. The van der Waals surface area contributed by atoms with E-state index in [1.807, 2.05) is 18.2 Å². The highest BCUT2D eigenvalue weighted by atomic mass is 16.5. The quantitative estimate of drug-likeness (QED) is 0.131. The van der Waals surface area contributed by atoms with Crippen molar-refractivity contribution in [2.45, 2.75) is 72.1 Å². The molecule has 0 N–H and O–H groups in total. The minimum absolute atomic E-state index is 0.284. The summed E-state index contributed by atoms with van der Waals surface area (Å²) in [5, 5.41) is 9.23. The van der Waals surface area contributed by atoms with Gasteiger partial charge in [0, 0.05) is 0 Å². The molecule has 0 aliphatic heterocycles. The van der Waals surface area contributed by atoms with Crippen LogP contribution in [0.2, 0.25) is 0 Å². The van der Waals surface area contributed by atoms with Gasteiger partial charge in [0.15, 0.2) is 5.41 Å². The lowest BCUT2D eigenvalue weighted by atomic mass is 9.90. The van der Waals surface area contributed by atoms with Gasteiger partial charge in [0.05, 0.1) is 11.6 Å². The topological polar surface area (TPSA) is 76.4 Å². The first-order valence-electron chi connectivity index (χ1n) is 13.5. The molecule has 0 amide bonds. The molecule has 0 aromatic heterocycles. The van der Waals surface area contributed by atoms with Gasteiger partial charge in [0.2, 0.25) is 0 Å². The summed E-state index contributed by atoms with van der Waals surface area (Å²) < 4.78 is 10.8. The van der Waals surface area contributed by atoms with E-state index in [4.69, 9.17) is 9.47 Å². The maximum atomic E-state index is 12.6. The highest BCUT2D eigenvalue weighted by Crippen LogP contribution is 2.26. The van der Waals surface area contributed by atoms with Crippen LogP contribution in [-0.4, -0.2) is 11.9 Å². The number of nitrogens with zero attached hydrogens (tertiary/aromatic N) is 1. The van der Waals surface area contributed by atoms with Gasteiger partial charge in [-0.3, -0.25) is 0 Å². The Kier molecular flexibility index (Phi) is 10.7. The fraction of sp³-hybridized carbons (Fsp3) is 0.364. The second-order valence-electron chi connectivity index (χ2n) is 9.84. The second-order valence-corrected chi connectivity index (χ2v) is 9.84. The van der Waals surface area contributed by atoms with E-state index in [1.54, 1.807) is 38.1 Å². The second kappa shape index (κ2) is 14.1. The Bertz CT molecular complexity index is 1220. The number of aryl methyl sites for hydroxylation is 1. The monoisotopic (exact) mass is 511 g/mol. The van der Waals surface area contributed by atoms with E-state index >= 15 is 0 Å². The highest BCUT2D eigenvalue weighted by molar-refractivity contribution is 5.91. The minimum atomic E-state index is -1.20. The van der Waals surface area contributed by atoms with Crippen molar-refractivity contribution in [2.75, 3.05) is 0 Å². The van der Waals surface area contributed by atoms with Gasteiger partial charge in [0.25, 0.3) is 0 Å². The summed E-state index contributed by atoms with van der Waals surface area (Å²) in [6, 6.07) is 24.2. The number of ether oxygens (including phenoxy) is 2. The average molecular weight is 512 g/mol. The maximum absolute atomic E-state index is 12.6. The molecule has 0 aliphatic carbocycles. The van der Waals surface area contributed by atoms with Crippen LogP contribution in [-0.2, 0) is 11.2 Å². The summed E-state index contributed by atoms with van der Waals surface area (Å²) in [7, 11) is 0. The Labute approximate surface area is 226 Å². The van der Waals surface area contributed by atoms with Crippen molar-refractivity contribution < 1.29 is 19.1 Å². The predicted molar refractivity (Wildman–Crippen MR) is 150 cm³/mol. The molecule has 0 radical (unpaired) electrons. The molecule has 0 spiro atoms. The van der Waals surface area contributed by atoms with Crippen molar-refractivity contribution in [1.82, 2.24) is 0 Å². The fourth-order valence-electron chi connectivity index (χ4n) is 4.00. The number of benzene rings is 3. The van der Waals surface area contributed by atoms with Gasteiger partial charge >= 0.3 is 11.9 Å². The third-order valence-corrected chi connectivity index (χ3v) is 6.88. The molecule has 0 heterocycles. The van der Waals surface area contributed by atoms with Crippen LogP contribution >= 0.6 is 0 Å². The van der Waals surface area contributed by atoms with E-state index in [2.05, 4.69) is 31.2 Å². The first kappa shape index (κ1) is 28.7. The Balaban J connectivity index is 1.52. The fourth-order valence-corrected chi connectivity index (χ4v) is 4.00. The molecule has 198 valence electrons. The van der Waals surface area contributed by atoms with E-state index < -0.39 is 17.4 Å². The Morgan fingerprint density at radius 1 is 0.737 bits per heavy atom. The third kappa shape index (κ3) is 8.05. The number of hydrogen-bond donors (Lipinski definition) is 0. The van der Waals surface area contributed by atoms with E-state index in [1.165, 1.54) is 56.2 Å². The van der Waals surface area contributed by atoms with Crippen molar-refractivity contribution in [3.63, 3.8) is 0 Å². The molecule has 1 unspecified atom stereocenters. The summed E-state index contributed by atoms with van der Waals surface area (Å²) in [5.41, 5.74) is 2.74. The molecule has 0 saturated carbocycles. The summed E-state index contributed by atoms with van der Waals surface area (Å²) in [6.45, 7) is 5.54. The number of carbonyl (C=O) groups is 2. The largest absolute Gasteiger partial charge is 0.425 e. The summed E-state index contributed by atoms with van der Waals surface area (Å²) in [5.74, 6) is -0.469. The molecule has 3 aromatic rings. The number of carbonyl (C=O) groups excluding carboxylic acids is 2. The normalized spacial score (nSPS) is 12.3. The summed E-state index contributed by atoms with van der Waals surface area (Å²) in [6.07, 6.45) is 9.25. The molecule has 3 rings (SSSR count). The lowest BCUT2D eigenvalue weighted by Gasteiger charge is -2.17. The molecule has 5 nitrogen and oxygen atoms in total. The zero-order valence-corrected chi connectivity index (χ0v) is 22.7. The van der Waals surface area contributed by atoms with Crippen LogP contribution in [0.3, 0.4) is 0 Å². The number of hydrogen-bond acceptors (Lipinski definition) is 5. The van der Waals surface area contributed by atoms with E-state index in [0.29, 0.717) is 17.7 Å². The minimum Gasteiger partial charge on any atom is -0.425 e. The Hall–Kier alpha value is -3.91. The zero-order chi connectivity index (χ0) is 27.4. The van der Waals surface area contributed by atoms with Gasteiger partial charge in [-0.2, -0.15) is 5.26 Å². The maximum Gasteiger partial charge on any atom is 0.343 e. The van der Waals surface area contributed by atoms with Crippen LogP contribution in [0.15, 0.2) is 72.8 Å². The molecular weight excluding hydrogens is 474 g/mol. The van der Waals surface area contributed by atoms with Gasteiger partial charge in [-0.25, -0.2) is 9.59 Å². The predicted octanol–water partition coefficient (Wildman–Crippen LogP) is 8.32. The average Bonchev–Trinajstić information content (AvgIpc) is 2.95. The molecule has 0 fully saturated rings. The highest BCUT2D eigenvalue weighted by Gasteiger charge is 2.33.